The average molecular weight is 226 g/mol. The van der Waals surface area contributed by atoms with Gasteiger partial charge >= 0.3 is 10.4 Å². The van der Waals surface area contributed by atoms with E-state index < -0.39 is 10.4 Å². The van der Waals surface area contributed by atoms with Crippen LogP contribution in [-0.2, 0) is 10.4 Å². The molecule has 0 fully saturated rings. The van der Waals surface area contributed by atoms with Crippen LogP contribution in [0.25, 0.3) is 0 Å². The molecule has 72 valence electrons. The molecule has 0 aromatic heterocycles. The van der Waals surface area contributed by atoms with E-state index in [0.717, 1.165) is 0 Å². The summed E-state index contributed by atoms with van der Waals surface area (Å²) in [5.41, 5.74) is 0. The van der Waals surface area contributed by atoms with Crippen molar-refractivity contribution in [2.45, 2.75) is 0 Å². The highest BCUT2D eigenvalue weighted by Gasteiger charge is 1.84. The Balaban J connectivity index is -0.0000000933. The SMILES string of the molecule is CPO.CPO.O=S(=O)(O)O. The van der Waals surface area contributed by atoms with Gasteiger partial charge in [0.05, 0.1) is 0 Å². The fourth-order valence-electron chi connectivity index (χ4n) is 0. The highest BCUT2D eigenvalue weighted by atomic mass is 32.3. The second-order valence-corrected chi connectivity index (χ2v) is 2.69. The zero-order valence-electron chi connectivity index (χ0n) is 6.01. The first-order chi connectivity index (χ1) is 4.83. The highest BCUT2D eigenvalue weighted by molar-refractivity contribution is 7.79. The van der Waals surface area contributed by atoms with Gasteiger partial charge in [-0.05, 0) is 13.3 Å². The first-order valence-electron chi connectivity index (χ1n) is 2.15. The maximum absolute atomic E-state index is 8.74. The predicted octanol–water partition coefficient (Wildman–Crippen LogP) is -0.249. The summed E-state index contributed by atoms with van der Waals surface area (Å²) in [6, 6.07) is 0. The smallest absolute Gasteiger partial charge is 0.377 e. The van der Waals surface area contributed by atoms with Crippen molar-refractivity contribution in [1.82, 2.24) is 0 Å². The van der Waals surface area contributed by atoms with Gasteiger partial charge in [-0.3, -0.25) is 9.11 Å². The molecule has 0 bridgehead atoms. The van der Waals surface area contributed by atoms with Crippen LogP contribution in [0.15, 0.2) is 0 Å². The van der Waals surface area contributed by atoms with Crippen LogP contribution in [0.3, 0.4) is 0 Å². The molecule has 0 radical (unpaired) electrons. The normalized spacial score (nSPS) is 10.7. The summed E-state index contributed by atoms with van der Waals surface area (Å²) in [6.07, 6.45) is 0. The minimum Gasteiger partial charge on any atom is -0.377 e. The lowest BCUT2D eigenvalue weighted by Gasteiger charge is -1.68. The number of rotatable bonds is 0. The molecule has 6 nitrogen and oxygen atoms in total. The minimum absolute atomic E-state index is 0.0833. The summed E-state index contributed by atoms with van der Waals surface area (Å²) in [7, 11) is -4.50. The van der Waals surface area contributed by atoms with E-state index >= 15 is 0 Å². The van der Waals surface area contributed by atoms with Crippen molar-refractivity contribution in [2.75, 3.05) is 13.3 Å². The minimum atomic E-state index is -4.67. The molecule has 0 saturated carbocycles. The highest BCUT2D eigenvalue weighted by Crippen LogP contribution is 1.83. The van der Waals surface area contributed by atoms with E-state index in [-0.39, 0.29) is 17.6 Å². The average Bonchev–Trinajstić information content (AvgIpc) is 1.62. The maximum atomic E-state index is 8.74. The molecule has 11 heavy (non-hydrogen) atoms. The molecule has 0 amide bonds. The molecule has 0 rings (SSSR count). The van der Waals surface area contributed by atoms with Gasteiger partial charge in [0.2, 0.25) is 0 Å². The van der Waals surface area contributed by atoms with Gasteiger partial charge in [0.1, 0.15) is 0 Å². The Bertz CT molecular complexity index is 122. The molecule has 9 heteroatoms. The molecule has 0 saturated heterocycles. The summed E-state index contributed by atoms with van der Waals surface area (Å²) in [4.78, 5) is 15.2. The topological polar surface area (TPSA) is 115 Å². The van der Waals surface area contributed by atoms with Crippen molar-refractivity contribution in [3.05, 3.63) is 0 Å². The van der Waals surface area contributed by atoms with Gasteiger partial charge in [0, 0.05) is 17.6 Å². The Morgan fingerprint density at radius 3 is 1.00 bits per heavy atom. The Morgan fingerprint density at radius 1 is 1.00 bits per heavy atom. The Labute approximate surface area is 69.3 Å². The molecule has 0 heterocycles. The van der Waals surface area contributed by atoms with Gasteiger partial charge in [-0.1, -0.05) is 0 Å². The van der Waals surface area contributed by atoms with Crippen LogP contribution in [0, 0.1) is 0 Å². The molecule has 0 aliphatic rings. The predicted molar refractivity (Wildman–Crippen MR) is 47.1 cm³/mol. The van der Waals surface area contributed by atoms with E-state index in [4.69, 9.17) is 27.3 Å². The van der Waals surface area contributed by atoms with Crippen LogP contribution in [0.4, 0.5) is 0 Å². The largest absolute Gasteiger partial charge is 0.394 e. The second-order valence-electron chi connectivity index (χ2n) is 0.895. The molecular formula is C2H12O6P2S. The third kappa shape index (κ3) is 1890. The third-order valence-corrected chi connectivity index (χ3v) is 0. The molecule has 0 aromatic rings. The van der Waals surface area contributed by atoms with E-state index in [2.05, 4.69) is 0 Å². The van der Waals surface area contributed by atoms with Crippen LogP contribution in [-0.4, -0.2) is 40.6 Å². The van der Waals surface area contributed by atoms with E-state index in [0.29, 0.717) is 0 Å². The third-order valence-electron chi connectivity index (χ3n) is 0. The van der Waals surface area contributed by atoms with Gasteiger partial charge in [-0.25, -0.2) is 0 Å². The Hall–Kier alpha value is 0.650. The summed E-state index contributed by atoms with van der Waals surface area (Å²) >= 11 is 0. The van der Waals surface area contributed by atoms with Crippen molar-refractivity contribution < 1.29 is 27.3 Å². The molecule has 4 N–H and O–H groups in total. The lowest BCUT2D eigenvalue weighted by molar-refractivity contribution is 0.381. The van der Waals surface area contributed by atoms with Crippen LogP contribution in [0.2, 0.25) is 0 Å². The monoisotopic (exact) mass is 226 g/mol. The Morgan fingerprint density at radius 2 is 1.00 bits per heavy atom. The van der Waals surface area contributed by atoms with E-state index in [1.165, 1.54) is 0 Å². The second kappa shape index (κ2) is 13.3. The van der Waals surface area contributed by atoms with Crippen LogP contribution in [0.5, 0.6) is 0 Å². The molecule has 2 atom stereocenters. The molecule has 2 unspecified atom stereocenters. The van der Waals surface area contributed by atoms with Crippen LogP contribution < -0.4 is 0 Å². The summed E-state index contributed by atoms with van der Waals surface area (Å²) in [6.45, 7) is 3.42. The molecule has 0 aliphatic carbocycles. The standard InChI is InChI=1S/2CH5OP.H2O4S/c2*1-3-2;1-5(2,3)4/h2*2-3H,1H3;(H2,1,2,3,4). The summed E-state index contributed by atoms with van der Waals surface area (Å²) < 4.78 is 31.6. The van der Waals surface area contributed by atoms with E-state index in [1.807, 2.05) is 0 Å². The lowest BCUT2D eigenvalue weighted by Crippen LogP contribution is -1.89. The summed E-state index contributed by atoms with van der Waals surface area (Å²) in [5, 5.41) is 0. The van der Waals surface area contributed by atoms with Gasteiger partial charge < -0.3 is 9.79 Å². The van der Waals surface area contributed by atoms with Crippen molar-refractivity contribution >= 4 is 28.0 Å². The lowest BCUT2D eigenvalue weighted by atomic mass is 12.0. The van der Waals surface area contributed by atoms with Gasteiger partial charge in [-0.2, -0.15) is 8.42 Å². The van der Waals surface area contributed by atoms with Gasteiger partial charge in [-0.15, -0.1) is 0 Å². The zero-order valence-corrected chi connectivity index (χ0v) is 8.83. The van der Waals surface area contributed by atoms with Crippen LogP contribution >= 0.6 is 17.6 Å². The molecular weight excluding hydrogens is 214 g/mol. The number of hydrogen-bond acceptors (Lipinski definition) is 4. The maximum Gasteiger partial charge on any atom is 0.394 e. The van der Waals surface area contributed by atoms with Gasteiger partial charge in [0.25, 0.3) is 0 Å². The quantitative estimate of drug-likeness (QED) is 0.334. The molecule has 0 aromatic carbocycles. The fraction of sp³-hybridized carbons (Fsp3) is 1.00. The molecule has 0 aliphatic heterocycles. The van der Waals surface area contributed by atoms with Crippen molar-refractivity contribution in [3.8, 4) is 0 Å². The first kappa shape index (κ1) is 17.7. The van der Waals surface area contributed by atoms with Crippen LogP contribution in [0.1, 0.15) is 0 Å². The zero-order chi connectivity index (χ0) is 9.91. The fourth-order valence-corrected chi connectivity index (χ4v) is 0. The van der Waals surface area contributed by atoms with Crippen molar-refractivity contribution in [2.24, 2.45) is 0 Å². The van der Waals surface area contributed by atoms with Crippen molar-refractivity contribution in [3.63, 3.8) is 0 Å². The van der Waals surface area contributed by atoms with Gasteiger partial charge in [0.15, 0.2) is 0 Å². The number of hydrogen-bond donors (Lipinski definition) is 4. The molecule has 0 spiro atoms. The Kier molecular flexibility index (Phi) is 21.3. The first-order valence-corrected chi connectivity index (χ1v) is 6.44. The van der Waals surface area contributed by atoms with E-state index in [1.54, 1.807) is 13.3 Å². The summed E-state index contributed by atoms with van der Waals surface area (Å²) in [5.74, 6) is 0. The van der Waals surface area contributed by atoms with Crippen molar-refractivity contribution in [1.29, 1.82) is 0 Å². The van der Waals surface area contributed by atoms with E-state index in [9.17, 15) is 0 Å².